The van der Waals surface area contributed by atoms with Crippen LogP contribution in [-0.2, 0) is 11.2 Å². The summed E-state index contributed by atoms with van der Waals surface area (Å²) in [4.78, 5) is 16.7. The fourth-order valence-electron chi connectivity index (χ4n) is 3.28. The van der Waals surface area contributed by atoms with Gasteiger partial charge in [-0.1, -0.05) is 30.3 Å². The molecule has 2 aromatic carbocycles. The van der Waals surface area contributed by atoms with Crippen molar-refractivity contribution in [2.75, 3.05) is 5.32 Å². The highest BCUT2D eigenvalue weighted by molar-refractivity contribution is 5.92. The summed E-state index contributed by atoms with van der Waals surface area (Å²) in [5.74, 6) is 0.190. The quantitative estimate of drug-likeness (QED) is 0.498. The van der Waals surface area contributed by atoms with Crippen LogP contribution < -0.4 is 5.32 Å². The lowest BCUT2D eigenvalue weighted by molar-refractivity contribution is -0.116. The first-order valence-electron chi connectivity index (χ1n) is 9.64. The van der Waals surface area contributed by atoms with Crippen molar-refractivity contribution in [3.63, 3.8) is 0 Å². The van der Waals surface area contributed by atoms with Crippen LogP contribution in [0, 0.1) is 19.7 Å². The van der Waals surface area contributed by atoms with Crippen LogP contribution in [0.15, 0.2) is 65.2 Å². The molecule has 0 unspecified atom stereocenters. The Labute approximate surface area is 173 Å². The minimum absolute atomic E-state index is 0.167. The summed E-state index contributed by atoms with van der Waals surface area (Å²) in [5, 5.41) is 7.47. The Morgan fingerprint density at radius 1 is 1.10 bits per heavy atom. The standard InChI is InChI=1S/C23H21FN4O2/c1-15-23(16(2)28(27-15)17-8-4-3-5-9-17)26-21(29)12-13-22-25-14-20(30-22)18-10-6-7-11-19(18)24/h3-11,14H,12-13H2,1-2H3,(H,26,29). The van der Waals surface area contributed by atoms with Gasteiger partial charge >= 0.3 is 0 Å². The third kappa shape index (κ3) is 4.00. The Balaban J connectivity index is 1.42. The lowest BCUT2D eigenvalue weighted by Crippen LogP contribution is -2.13. The fraction of sp³-hybridized carbons (Fsp3) is 0.174. The van der Waals surface area contributed by atoms with Crippen molar-refractivity contribution < 1.29 is 13.6 Å². The van der Waals surface area contributed by atoms with Gasteiger partial charge in [-0.3, -0.25) is 4.79 Å². The first-order chi connectivity index (χ1) is 14.5. The van der Waals surface area contributed by atoms with Gasteiger partial charge in [-0.2, -0.15) is 5.10 Å². The average Bonchev–Trinajstić information content (AvgIpc) is 3.33. The molecule has 0 aliphatic carbocycles. The van der Waals surface area contributed by atoms with E-state index in [0.717, 1.165) is 17.1 Å². The van der Waals surface area contributed by atoms with E-state index in [0.29, 0.717) is 29.3 Å². The second-order valence-corrected chi connectivity index (χ2v) is 6.94. The predicted octanol–water partition coefficient (Wildman–Crippen LogP) is 4.85. The number of carbonyl (C=O) groups excluding carboxylic acids is 1. The summed E-state index contributed by atoms with van der Waals surface area (Å²) in [7, 11) is 0. The first-order valence-corrected chi connectivity index (χ1v) is 9.64. The number of amides is 1. The summed E-state index contributed by atoms with van der Waals surface area (Å²) in [6.07, 6.45) is 1.97. The van der Waals surface area contributed by atoms with Crippen LogP contribution in [0.3, 0.4) is 0 Å². The second-order valence-electron chi connectivity index (χ2n) is 6.94. The highest BCUT2D eigenvalue weighted by Gasteiger charge is 2.16. The van der Waals surface area contributed by atoms with Crippen LogP contribution in [0.5, 0.6) is 0 Å². The molecule has 0 aliphatic heterocycles. The van der Waals surface area contributed by atoms with Gasteiger partial charge in [0.25, 0.3) is 0 Å². The number of carbonyl (C=O) groups is 1. The summed E-state index contributed by atoms with van der Waals surface area (Å²) in [5.41, 5.74) is 3.57. The van der Waals surface area contributed by atoms with Gasteiger partial charge in [0, 0.05) is 12.8 Å². The number of nitrogens with one attached hydrogen (secondary N) is 1. The minimum Gasteiger partial charge on any atom is -0.441 e. The lowest BCUT2D eigenvalue weighted by Gasteiger charge is -2.06. The van der Waals surface area contributed by atoms with Crippen LogP contribution in [-0.4, -0.2) is 20.7 Å². The highest BCUT2D eigenvalue weighted by atomic mass is 19.1. The van der Waals surface area contributed by atoms with Crippen molar-refractivity contribution in [2.24, 2.45) is 0 Å². The molecule has 2 heterocycles. The number of aromatic nitrogens is 3. The Morgan fingerprint density at radius 2 is 1.83 bits per heavy atom. The summed E-state index contributed by atoms with van der Waals surface area (Å²) >= 11 is 0. The van der Waals surface area contributed by atoms with E-state index in [1.165, 1.54) is 12.3 Å². The maximum absolute atomic E-state index is 13.9. The second kappa shape index (κ2) is 8.32. The number of para-hydroxylation sites is 1. The molecule has 1 N–H and O–H groups in total. The Bertz CT molecular complexity index is 1180. The maximum atomic E-state index is 13.9. The Morgan fingerprint density at radius 3 is 2.60 bits per heavy atom. The summed E-state index contributed by atoms with van der Waals surface area (Å²) < 4.78 is 21.3. The smallest absolute Gasteiger partial charge is 0.224 e. The molecule has 0 saturated heterocycles. The molecular weight excluding hydrogens is 383 g/mol. The van der Waals surface area contributed by atoms with Crippen molar-refractivity contribution in [2.45, 2.75) is 26.7 Å². The highest BCUT2D eigenvalue weighted by Crippen LogP contribution is 2.25. The van der Waals surface area contributed by atoms with Gasteiger partial charge in [-0.05, 0) is 38.1 Å². The number of oxazole rings is 1. The molecule has 6 nitrogen and oxygen atoms in total. The number of halogens is 1. The number of aryl methyl sites for hydroxylation is 2. The number of anilines is 1. The number of benzene rings is 2. The molecule has 0 atom stereocenters. The van der Waals surface area contributed by atoms with Gasteiger partial charge < -0.3 is 9.73 Å². The van der Waals surface area contributed by atoms with Gasteiger partial charge in [0.15, 0.2) is 11.7 Å². The largest absolute Gasteiger partial charge is 0.441 e. The number of nitrogens with zero attached hydrogens (tertiary/aromatic N) is 3. The van der Waals surface area contributed by atoms with Gasteiger partial charge in [-0.15, -0.1) is 0 Å². The van der Waals surface area contributed by atoms with E-state index < -0.39 is 0 Å². The van der Waals surface area contributed by atoms with Gasteiger partial charge in [0.05, 0.1) is 34.5 Å². The third-order valence-corrected chi connectivity index (χ3v) is 4.82. The lowest BCUT2D eigenvalue weighted by atomic mass is 10.2. The first kappa shape index (κ1) is 19.6. The number of hydrogen-bond acceptors (Lipinski definition) is 4. The van der Waals surface area contributed by atoms with E-state index in [1.54, 1.807) is 22.9 Å². The Hall–Kier alpha value is -3.74. The molecule has 7 heteroatoms. The number of hydrogen-bond donors (Lipinski definition) is 1. The average molecular weight is 404 g/mol. The molecule has 0 bridgehead atoms. The SMILES string of the molecule is Cc1nn(-c2ccccc2)c(C)c1NC(=O)CCc1ncc(-c2ccccc2F)o1. The van der Waals surface area contributed by atoms with E-state index in [9.17, 15) is 9.18 Å². The zero-order valence-corrected chi connectivity index (χ0v) is 16.7. The van der Waals surface area contributed by atoms with E-state index >= 15 is 0 Å². The molecule has 30 heavy (non-hydrogen) atoms. The molecule has 0 fully saturated rings. The normalized spacial score (nSPS) is 10.9. The monoisotopic (exact) mass is 404 g/mol. The summed E-state index contributed by atoms with van der Waals surface area (Å²) in [6.45, 7) is 3.77. The number of rotatable bonds is 6. The van der Waals surface area contributed by atoms with Crippen LogP contribution in [0.4, 0.5) is 10.1 Å². The van der Waals surface area contributed by atoms with Gasteiger partial charge in [0.1, 0.15) is 5.82 Å². The maximum Gasteiger partial charge on any atom is 0.224 e. The van der Waals surface area contributed by atoms with E-state index in [4.69, 9.17) is 4.42 Å². The van der Waals surface area contributed by atoms with Crippen LogP contribution >= 0.6 is 0 Å². The van der Waals surface area contributed by atoms with Crippen LogP contribution in [0.25, 0.3) is 17.0 Å². The molecular formula is C23H21FN4O2. The molecule has 0 aliphatic rings. The third-order valence-electron chi connectivity index (χ3n) is 4.82. The molecule has 4 aromatic rings. The van der Waals surface area contributed by atoms with Crippen molar-refractivity contribution >= 4 is 11.6 Å². The Kier molecular flexibility index (Phi) is 5.43. The van der Waals surface area contributed by atoms with Crippen molar-refractivity contribution in [1.29, 1.82) is 0 Å². The van der Waals surface area contributed by atoms with E-state index in [1.807, 2.05) is 44.2 Å². The fourth-order valence-corrected chi connectivity index (χ4v) is 3.28. The molecule has 0 saturated carbocycles. The minimum atomic E-state index is -0.376. The van der Waals surface area contributed by atoms with E-state index in [-0.39, 0.29) is 18.1 Å². The zero-order chi connectivity index (χ0) is 21.1. The molecule has 2 aromatic heterocycles. The van der Waals surface area contributed by atoms with Crippen molar-refractivity contribution in [3.8, 4) is 17.0 Å². The zero-order valence-electron chi connectivity index (χ0n) is 16.7. The molecule has 1 amide bonds. The van der Waals surface area contributed by atoms with Crippen molar-refractivity contribution in [1.82, 2.24) is 14.8 Å². The molecule has 152 valence electrons. The van der Waals surface area contributed by atoms with Gasteiger partial charge in [0.2, 0.25) is 5.91 Å². The van der Waals surface area contributed by atoms with Crippen LogP contribution in [0.1, 0.15) is 23.7 Å². The molecule has 4 rings (SSSR count). The van der Waals surface area contributed by atoms with Crippen LogP contribution in [0.2, 0.25) is 0 Å². The predicted molar refractivity (Wildman–Crippen MR) is 112 cm³/mol. The molecule has 0 radical (unpaired) electrons. The summed E-state index contributed by atoms with van der Waals surface area (Å²) in [6, 6.07) is 16.1. The topological polar surface area (TPSA) is 73.0 Å². The molecule has 0 spiro atoms. The van der Waals surface area contributed by atoms with E-state index in [2.05, 4.69) is 15.4 Å². The van der Waals surface area contributed by atoms with Crippen molar-refractivity contribution in [3.05, 3.63) is 83.9 Å². The van der Waals surface area contributed by atoms with Gasteiger partial charge in [-0.25, -0.2) is 14.1 Å².